The van der Waals surface area contributed by atoms with Crippen molar-refractivity contribution in [1.82, 2.24) is 0 Å². The van der Waals surface area contributed by atoms with Crippen molar-refractivity contribution in [3.8, 4) is 5.75 Å². The monoisotopic (exact) mass is 278 g/mol. The molecule has 0 radical (unpaired) electrons. The van der Waals surface area contributed by atoms with Crippen molar-refractivity contribution in [2.75, 3.05) is 7.11 Å². The normalized spacial score (nSPS) is 10.3. The molecule has 0 aromatic heterocycles. The van der Waals surface area contributed by atoms with Crippen molar-refractivity contribution in [3.63, 3.8) is 0 Å². The van der Waals surface area contributed by atoms with Crippen molar-refractivity contribution < 1.29 is 13.9 Å². The van der Waals surface area contributed by atoms with E-state index in [0.717, 1.165) is 0 Å². The number of carbonyl (C=O) groups is 1. The summed E-state index contributed by atoms with van der Waals surface area (Å²) in [5.74, 6) is -0.382. The summed E-state index contributed by atoms with van der Waals surface area (Å²) in [5, 5.41) is 0.576. The number of ether oxygens (including phenoxy) is 1. The third kappa shape index (κ3) is 3.32. The summed E-state index contributed by atoms with van der Waals surface area (Å²) in [6, 6.07) is 11.1. The van der Waals surface area contributed by atoms with Crippen molar-refractivity contribution >= 4 is 17.4 Å². The summed E-state index contributed by atoms with van der Waals surface area (Å²) in [7, 11) is 1.40. The summed E-state index contributed by atoms with van der Waals surface area (Å²) in [5.41, 5.74) is 1.17. The van der Waals surface area contributed by atoms with E-state index < -0.39 is 5.82 Å². The molecule has 2 aromatic rings. The van der Waals surface area contributed by atoms with E-state index in [1.165, 1.54) is 19.2 Å². The maximum absolute atomic E-state index is 13.5. The van der Waals surface area contributed by atoms with Gasteiger partial charge in [0.1, 0.15) is 0 Å². The smallest absolute Gasteiger partial charge is 0.167 e. The number of hydrogen-bond acceptors (Lipinski definition) is 2. The van der Waals surface area contributed by atoms with E-state index in [-0.39, 0.29) is 18.0 Å². The zero-order chi connectivity index (χ0) is 13.8. The minimum absolute atomic E-state index is 0.0822. The van der Waals surface area contributed by atoms with Gasteiger partial charge in [-0.2, -0.15) is 0 Å². The maximum Gasteiger partial charge on any atom is 0.167 e. The van der Waals surface area contributed by atoms with Gasteiger partial charge in [0.15, 0.2) is 17.3 Å². The second-order valence-corrected chi connectivity index (χ2v) is 4.51. The van der Waals surface area contributed by atoms with E-state index in [1.54, 1.807) is 30.3 Å². The number of carbonyl (C=O) groups excluding carboxylic acids is 1. The first-order valence-electron chi connectivity index (χ1n) is 5.71. The fourth-order valence-electron chi connectivity index (χ4n) is 1.74. The minimum Gasteiger partial charge on any atom is -0.494 e. The molecule has 0 N–H and O–H groups in total. The van der Waals surface area contributed by atoms with Crippen LogP contribution in [0.15, 0.2) is 42.5 Å². The van der Waals surface area contributed by atoms with Gasteiger partial charge in [-0.25, -0.2) is 4.39 Å². The lowest BCUT2D eigenvalue weighted by Crippen LogP contribution is -2.03. The third-order valence-electron chi connectivity index (χ3n) is 2.75. The van der Waals surface area contributed by atoms with Crippen molar-refractivity contribution in [1.29, 1.82) is 0 Å². The lowest BCUT2D eigenvalue weighted by Gasteiger charge is -2.05. The predicted molar refractivity (Wildman–Crippen MR) is 72.4 cm³/mol. The van der Waals surface area contributed by atoms with Gasteiger partial charge in [-0.15, -0.1) is 0 Å². The van der Waals surface area contributed by atoms with Gasteiger partial charge in [-0.3, -0.25) is 4.79 Å². The molecule has 4 heteroatoms. The number of benzene rings is 2. The minimum atomic E-state index is -0.469. The predicted octanol–water partition coefficient (Wildman–Crippen LogP) is 3.91. The van der Waals surface area contributed by atoms with E-state index in [4.69, 9.17) is 16.3 Å². The largest absolute Gasteiger partial charge is 0.494 e. The Bertz CT molecular complexity index is 594. The SMILES string of the molecule is COc1ccc(CC(=O)c2ccc(Cl)cc2)cc1F. The molecule has 0 unspecified atom stereocenters. The molecule has 0 bridgehead atoms. The van der Waals surface area contributed by atoms with Gasteiger partial charge in [0.25, 0.3) is 0 Å². The molecule has 0 heterocycles. The van der Waals surface area contributed by atoms with Gasteiger partial charge in [0, 0.05) is 17.0 Å². The van der Waals surface area contributed by atoms with Gasteiger partial charge in [-0.05, 0) is 42.0 Å². The quantitative estimate of drug-likeness (QED) is 0.793. The number of hydrogen-bond donors (Lipinski definition) is 0. The highest BCUT2D eigenvalue weighted by atomic mass is 35.5. The van der Waals surface area contributed by atoms with Crippen molar-refractivity contribution in [3.05, 3.63) is 64.4 Å². The van der Waals surface area contributed by atoms with Crippen LogP contribution in [0.25, 0.3) is 0 Å². The van der Waals surface area contributed by atoms with Crippen LogP contribution >= 0.6 is 11.6 Å². The highest BCUT2D eigenvalue weighted by Gasteiger charge is 2.09. The summed E-state index contributed by atoms with van der Waals surface area (Å²) in [6.45, 7) is 0. The Labute approximate surface area is 115 Å². The van der Waals surface area contributed by atoms with Crippen LogP contribution in [0.2, 0.25) is 5.02 Å². The number of rotatable bonds is 4. The molecule has 19 heavy (non-hydrogen) atoms. The Balaban J connectivity index is 2.14. The highest BCUT2D eigenvalue weighted by Crippen LogP contribution is 2.19. The molecule has 0 aliphatic carbocycles. The van der Waals surface area contributed by atoms with E-state index in [0.29, 0.717) is 16.1 Å². The lowest BCUT2D eigenvalue weighted by atomic mass is 10.0. The molecule has 0 saturated heterocycles. The van der Waals surface area contributed by atoms with Crippen LogP contribution in [0.4, 0.5) is 4.39 Å². The molecule has 98 valence electrons. The van der Waals surface area contributed by atoms with Crippen LogP contribution in [0.5, 0.6) is 5.75 Å². The Morgan fingerprint density at radius 2 is 1.89 bits per heavy atom. The molecule has 2 aromatic carbocycles. The Morgan fingerprint density at radius 3 is 2.47 bits per heavy atom. The standard InChI is InChI=1S/C15H12ClFO2/c1-19-15-7-2-10(8-13(15)17)9-14(18)11-3-5-12(16)6-4-11/h2-8H,9H2,1H3. The molecule has 0 amide bonds. The fourth-order valence-corrected chi connectivity index (χ4v) is 1.87. The van der Waals surface area contributed by atoms with Gasteiger partial charge in [0.05, 0.1) is 7.11 Å². The average Bonchev–Trinajstić information content (AvgIpc) is 2.39. The molecule has 0 fully saturated rings. The van der Waals surface area contributed by atoms with Gasteiger partial charge in [0.2, 0.25) is 0 Å². The van der Waals surface area contributed by atoms with Crippen LogP contribution in [0, 0.1) is 5.82 Å². The summed E-state index contributed by atoms with van der Waals surface area (Å²) >= 11 is 5.76. The zero-order valence-electron chi connectivity index (χ0n) is 10.3. The molecular weight excluding hydrogens is 267 g/mol. The third-order valence-corrected chi connectivity index (χ3v) is 3.00. The maximum atomic E-state index is 13.5. The number of methoxy groups -OCH3 is 1. The summed E-state index contributed by atoms with van der Waals surface area (Å²) < 4.78 is 18.3. The van der Waals surface area contributed by atoms with E-state index in [2.05, 4.69) is 0 Å². The number of ketones is 1. The van der Waals surface area contributed by atoms with E-state index in [1.807, 2.05) is 0 Å². The van der Waals surface area contributed by atoms with E-state index >= 15 is 0 Å². The Kier molecular flexibility index (Phi) is 4.17. The zero-order valence-corrected chi connectivity index (χ0v) is 11.1. The number of halogens is 2. The second-order valence-electron chi connectivity index (χ2n) is 4.08. The first kappa shape index (κ1) is 13.6. The van der Waals surface area contributed by atoms with Crippen LogP contribution in [-0.4, -0.2) is 12.9 Å². The molecular formula is C15H12ClFO2. The molecule has 0 atom stereocenters. The first-order valence-corrected chi connectivity index (χ1v) is 6.09. The van der Waals surface area contributed by atoms with Gasteiger partial charge < -0.3 is 4.74 Å². The summed E-state index contributed by atoms with van der Waals surface area (Å²) in [6.07, 6.45) is 0.141. The second kappa shape index (κ2) is 5.85. The van der Waals surface area contributed by atoms with Crippen LogP contribution in [0.3, 0.4) is 0 Å². The molecule has 0 spiro atoms. The lowest BCUT2D eigenvalue weighted by molar-refractivity contribution is 0.0993. The van der Waals surface area contributed by atoms with Crippen LogP contribution in [0.1, 0.15) is 15.9 Å². The molecule has 0 saturated carbocycles. The van der Waals surface area contributed by atoms with Crippen molar-refractivity contribution in [2.24, 2.45) is 0 Å². The fraction of sp³-hybridized carbons (Fsp3) is 0.133. The Hall–Kier alpha value is -1.87. The molecule has 0 aliphatic heterocycles. The summed E-state index contributed by atoms with van der Waals surface area (Å²) in [4.78, 5) is 12.0. The van der Waals surface area contributed by atoms with Gasteiger partial charge in [-0.1, -0.05) is 17.7 Å². The topological polar surface area (TPSA) is 26.3 Å². The first-order chi connectivity index (χ1) is 9.10. The Morgan fingerprint density at radius 1 is 1.21 bits per heavy atom. The van der Waals surface area contributed by atoms with Gasteiger partial charge >= 0.3 is 0 Å². The number of Topliss-reactive ketones (excluding diaryl/α,β-unsaturated/α-hetero) is 1. The molecule has 0 aliphatic rings. The van der Waals surface area contributed by atoms with E-state index in [9.17, 15) is 9.18 Å². The average molecular weight is 279 g/mol. The highest BCUT2D eigenvalue weighted by molar-refractivity contribution is 6.30. The molecule has 2 nitrogen and oxygen atoms in total. The molecule has 2 rings (SSSR count). The van der Waals surface area contributed by atoms with Crippen molar-refractivity contribution in [2.45, 2.75) is 6.42 Å². The van der Waals surface area contributed by atoms with Crippen LogP contribution < -0.4 is 4.74 Å². The van der Waals surface area contributed by atoms with Crippen LogP contribution in [-0.2, 0) is 6.42 Å².